The zero-order valence-corrected chi connectivity index (χ0v) is 10.2. The minimum absolute atomic E-state index is 0.000777. The van der Waals surface area contributed by atoms with E-state index >= 15 is 0 Å². The molecule has 0 spiro atoms. The van der Waals surface area contributed by atoms with Crippen molar-refractivity contribution in [2.75, 3.05) is 6.54 Å². The molecule has 0 unspecified atom stereocenters. The van der Waals surface area contributed by atoms with E-state index < -0.39 is 5.97 Å². The van der Waals surface area contributed by atoms with E-state index in [1.165, 1.54) is 23.9 Å². The van der Waals surface area contributed by atoms with Gasteiger partial charge in [0.25, 0.3) is 5.91 Å². The van der Waals surface area contributed by atoms with E-state index in [1.54, 1.807) is 16.0 Å². The Bertz CT molecular complexity index is 548. The molecule has 2 aromatic heterocycles. The van der Waals surface area contributed by atoms with Gasteiger partial charge in [0.1, 0.15) is 0 Å². The number of hydrogen-bond donors (Lipinski definition) is 2. The number of thiophene rings is 1. The van der Waals surface area contributed by atoms with Crippen LogP contribution in [0.4, 0.5) is 0 Å². The summed E-state index contributed by atoms with van der Waals surface area (Å²) < 4.78 is 1.62. The number of amides is 1. The molecular formula is C11H11N3O3S. The maximum Gasteiger partial charge on any atom is 0.356 e. The third kappa shape index (κ3) is 2.95. The van der Waals surface area contributed by atoms with Crippen LogP contribution in [-0.4, -0.2) is 33.1 Å². The van der Waals surface area contributed by atoms with Crippen LogP contribution < -0.4 is 5.32 Å². The number of aromatic nitrogens is 2. The molecule has 0 saturated carbocycles. The van der Waals surface area contributed by atoms with Crippen molar-refractivity contribution in [2.24, 2.45) is 0 Å². The number of nitrogens with one attached hydrogen (secondary N) is 1. The van der Waals surface area contributed by atoms with E-state index in [0.717, 1.165) is 0 Å². The molecule has 0 bridgehead atoms. The molecule has 0 aliphatic heterocycles. The lowest BCUT2D eigenvalue weighted by Gasteiger charge is -2.04. The smallest absolute Gasteiger partial charge is 0.356 e. The second-order valence-corrected chi connectivity index (χ2v) is 4.35. The standard InChI is InChI=1S/C11H11N3O3S/c15-10(8-1-4-18-6-8)12-2-3-14-5-9(11(16)17)13-7-14/h1,4-7H,2-3H2,(H,12,15)(H,16,17). The third-order valence-electron chi connectivity index (χ3n) is 2.29. The van der Waals surface area contributed by atoms with Crippen molar-refractivity contribution >= 4 is 23.2 Å². The van der Waals surface area contributed by atoms with Crippen molar-refractivity contribution in [3.8, 4) is 0 Å². The van der Waals surface area contributed by atoms with Crippen molar-refractivity contribution in [1.29, 1.82) is 0 Å². The van der Waals surface area contributed by atoms with Crippen molar-refractivity contribution < 1.29 is 14.7 Å². The number of carboxylic acids is 1. The van der Waals surface area contributed by atoms with Crippen LogP contribution in [0, 0.1) is 0 Å². The van der Waals surface area contributed by atoms with Crippen LogP contribution in [0.1, 0.15) is 20.8 Å². The summed E-state index contributed by atoms with van der Waals surface area (Å²) in [6, 6.07) is 1.75. The Balaban J connectivity index is 1.81. The summed E-state index contributed by atoms with van der Waals surface area (Å²) in [5.74, 6) is -1.19. The maximum atomic E-state index is 11.6. The highest BCUT2D eigenvalue weighted by Crippen LogP contribution is 2.05. The number of aromatic carboxylic acids is 1. The summed E-state index contributed by atoms with van der Waals surface area (Å²) >= 11 is 1.46. The molecule has 0 fully saturated rings. The molecule has 18 heavy (non-hydrogen) atoms. The van der Waals surface area contributed by atoms with Crippen molar-refractivity contribution in [1.82, 2.24) is 14.9 Å². The molecule has 0 saturated heterocycles. The highest BCUT2D eigenvalue weighted by molar-refractivity contribution is 7.08. The number of rotatable bonds is 5. The number of carbonyl (C=O) groups excluding carboxylic acids is 1. The van der Waals surface area contributed by atoms with E-state index in [9.17, 15) is 9.59 Å². The maximum absolute atomic E-state index is 11.6. The molecule has 1 amide bonds. The SMILES string of the molecule is O=C(NCCn1cnc(C(=O)O)c1)c1ccsc1. The molecular weight excluding hydrogens is 254 g/mol. The Morgan fingerprint density at radius 3 is 2.94 bits per heavy atom. The first-order valence-corrected chi connectivity index (χ1v) is 6.16. The van der Waals surface area contributed by atoms with Gasteiger partial charge >= 0.3 is 5.97 Å². The van der Waals surface area contributed by atoms with Crippen LogP contribution in [0.3, 0.4) is 0 Å². The van der Waals surface area contributed by atoms with Crippen LogP contribution in [0.25, 0.3) is 0 Å². The Hall–Kier alpha value is -2.15. The first-order chi connectivity index (χ1) is 8.66. The van der Waals surface area contributed by atoms with E-state index in [-0.39, 0.29) is 11.6 Å². The summed E-state index contributed by atoms with van der Waals surface area (Å²) in [4.78, 5) is 25.9. The fourth-order valence-corrected chi connectivity index (χ4v) is 2.02. The molecule has 7 heteroatoms. The molecule has 6 nitrogen and oxygen atoms in total. The predicted molar refractivity (Wildman–Crippen MR) is 65.8 cm³/mol. The minimum atomic E-state index is -1.06. The van der Waals surface area contributed by atoms with Crippen LogP contribution in [0.5, 0.6) is 0 Å². The summed E-state index contributed by atoms with van der Waals surface area (Å²) in [5, 5.41) is 15.0. The van der Waals surface area contributed by atoms with Crippen molar-refractivity contribution in [3.05, 3.63) is 40.6 Å². The molecule has 2 N–H and O–H groups in total. The second-order valence-electron chi connectivity index (χ2n) is 3.57. The Morgan fingerprint density at radius 1 is 1.50 bits per heavy atom. The molecule has 0 atom stereocenters. The highest BCUT2D eigenvalue weighted by Gasteiger charge is 2.07. The summed E-state index contributed by atoms with van der Waals surface area (Å²) in [5.41, 5.74) is 0.635. The minimum Gasteiger partial charge on any atom is -0.476 e. The predicted octanol–water partition coefficient (Wildman–Crippen LogP) is 1.07. The van der Waals surface area contributed by atoms with Crippen LogP contribution in [0.2, 0.25) is 0 Å². The topological polar surface area (TPSA) is 84.2 Å². The van der Waals surface area contributed by atoms with E-state index in [1.807, 2.05) is 5.38 Å². The summed E-state index contributed by atoms with van der Waals surface area (Å²) in [6.07, 6.45) is 2.86. The number of hydrogen-bond acceptors (Lipinski definition) is 4. The molecule has 0 radical (unpaired) electrons. The zero-order valence-electron chi connectivity index (χ0n) is 9.37. The number of nitrogens with zero attached hydrogens (tertiary/aromatic N) is 2. The Kier molecular flexibility index (Phi) is 3.73. The van der Waals surface area contributed by atoms with Gasteiger partial charge in [-0.05, 0) is 11.4 Å². The molecule has 0 aromatic carbocycles. The zero-order chi connectivity index (χ0) is 13.0. The Morgan fingerprint density at radius 2 is 2.33 bits per heavy atom. The third-order valence-corrected chi connectivity index (χ3v) is 2.97. The van der Waals surface area contributed by atoms with Gasteiger partial charge < -0.3 is 15.0 Å². The molecule has 2 heterocycles. The van der Waals surface area contributed by atoms with Crippen LogP contribution >= 0.6 is 11.3 Å². The van der Waals surface area contributed by atoms with E-state index in [4.69, 9.17) is 5.11 Å². The first kappa shape index (κ1) is 12.3. The molecule has 0 aliphatic rings. The summed E-state index contributed by atoms with van der Waals surface area (Å²) in [7, 11) is 0. The monoisotopic (exact) mass is 265 g/mol. The van der Waals surface area contributed by atoms with Gasteiger partial charge in [-0.2, -0.15) is 11.3 Å². The average Bonchev–Trinajstić information content (AvgIpc) is 3.00. The van der Waals surface area contributed by atoms with Gasteiger partial charge in [-0.3, -0.25) is 4.79 Å². The van der Waals surface area contributed by atoms with Crippen LogP contribution in [-0.2, 0) is 6.54 Å². The lowest BCUT2D eigenvalue weighted by atomic mass is 10.3. The molecule has 94 valence electrons. The normalized spacial score (nSPS) is 10.2. The molecule has 2 rings (SSSR count). The van der Waals surface area contributed by atoms with Gasteiger partial charge in [0, 0.05) is 30.2 Å². The fourth-order valence-electron chi connectivity index (χ4n) is 1.39. The second kappa shape index (κ2) is 5.46. The largest absolute Gasteiger partial charge is 0.476 e. The van der Waals surface area contributed by atoms with Crippen LogP contribution in [0.15, 0.2) is 29.4 Å². The van der Waals surface area contributed by atoms with Crippen molar-refractivity contribution in [3.63, 3.8) is 0 Å². The highest BCUT2D eigenvalue weighted by atomic mass is 32.1. The average molecular weight is 265 g/mol. The van der Waals surface area contributed by atoms with Gasteiger partial charge in [-0.1, -0.05) is 0 Å². The molecule has 2 aromatic rings. The van der Waals surface area contributed by atoms with Gasteiger partial charge in [-0.15, -0.1) is 0 Å². The number of carboxylic acid groups (broad SMARTS) is 1. The molecule has 0 aliphatic carbocycles. The van der Waals surface area contributed by atoms with E-state index in [0.29, 0.717) is 18.7 Å². The number of carbonyl (C=O) groups is 2. The van der Waals surface area contributed by atoms with E-state index in [2.05, 4.69) is 10.3 Å². The van der Waals surface area contributed by atoms with Gasteiger partial charge in [0.15, 0.2) is 5.69 Å². The Labute approximate surface area is 107 Å². The quantitative estimate of drug-likeness (QED) is 0.847. The number of imidazole rings is 1. The van der Waals surface area contributed by atoms with Crippen molar-refractivity contribution in [2.45, 2.75) is 6.54 Å². The first-order valence-electron chi connectivity index (χ1n) is 5.22. The fraction of sp³-hybridized carbons (Fsp3) is 0.182. The van der Waals surface area contributed by atoms with Gasteiger partial charge in [-0.25, -0.2) is 9.78 Å². The lowest BCUT2D eigenvalue weighted by Crippen LogP contribution is -2.26. The van der Waals surface area contributed by atoms with Gasteiger partial charge in [0.2, 0.25) is 0 Å². The summed E-state index contributed by atoms with van der Waals surface area (Å²) in [6.45, 7) is 0.903. The van der Waals surface area contributed by atoms with Gasteiger partial charge in [0.05, 0.1) is 6.33 Å². The lowest BCUT2D eigenvalue weighted by molar-refractivity contribution is 0.0690.